The number of rotatable bonds is 6. The van der Waals surface area contributed by atoms with E-state index in [9.17, 15) is 20.1 Å². The minimum absolute atomic E-state index is 0.145. The van der Waals surface area contributed by atoms with E-state index in [1.54, 1.807) is 0 Å². The first-order chi connectivity index (χ1) is 16.5. The molecule has 3 N–H and O–H groups in total. The summed E-state index contributed by atoms with van der Waals surface area (Å²) in [5.74, 6) is 1.22. The van der Waals surface area contributed by atoms with Crippen LogP contribution in [0.2, 0.25) is 18.1 Å². The van der Waals surface area contributed by atoms with Gasteiger partial charge in [0.05, 0.1) is 12.2 Å². The lowest BCUT2D eigenvalue weighted by molar-refractivity contribution is -0.206. The van der Waals surface area contributed by atoms with E-state index >= 15 is 0 Å². The molecule has 0 spiro atoms. The zero-order valence-electron chi connectivity index (χ0n) is 24.2. The van der Waals surface area contributed by atoms with E-state index < -0.39 is 14.3 Å². The second-order valence-electron chi connectivity index (χ2n) is 15.3. The SMILES string of the molecule is C[C@H](CCC(=O)O)[C@H]1CC[C@H]2[C@@H]3[C@H](O)C[C@@H]4C[C@H](O[Si](C)(C)C(C)(C)C)CC[C@]4(C)[C@H]3C[C@H](O)[C@]12C. The fourth-order valence-corrected chi connectivity index (χ4v) is 10.8. The molecule has 0 unspecified atom stereocenters. The van der Waals surface area contributed by atoms with E-state index in [0.29, 0.717) is 30.1 Å². The molecule has 0 bridgehead atoms. The van der Waals surface area contributed by atoms with Crippen LogP contribution in [0.5, 0.6) is 0 Å². The Labute approximate surface area is 220 Å². The standard InChI is InChI=1S/C30H54O5Si/c1-18(9-12-26(33)34)21-10-11-22-27-23(17-25(32)30(21,22)6)29(5)14-13-20(15-19(29)16-24(27)31)35-36(7,8)28(2,3)4/h18-25,27,31-32H,9-17H2,1-8H3,(H,33,34)/t18-,19+,20-,21-,22+,23+,24-,25+,27+,29+,30-/m1/s1. The molecule has 0 radical (unpaired) electrons. The first-order valence-electron chi connectivity index (χ1n) is 14.8. The number of aliphatic carboxylic acids is 1. The number of hydrogen-bond donors (Lipinski definition) is 3. The Morgan fingerprint density at radius 3 is 2.33 bits per heavy atom. The van der Waals surface area contributed by atoms with Gasteiger partial charge in [0.1, 0.15) is 0 Å². The first-order valence-corrected chi connectivity index (χ1v) is 17.7. The summed E-state index contributed by atoms with van der Waals surface area (Å²) in [6.07, 6.45) is 7.43. The van der Waals surface area contributed by atoms with E-state index in [-0.39, 0.29) is 52.4 Å². The first kappa shape index (κ1) is 28.6. The van der Waals surface area contributed by atoms with Crippen LogP contribution in [0.4, 0.5) is 0 Å². The topological polar surface area (TPSA) is 87.0 Å². The smallest absolute Gasteiger partial charge is 0.303 e. The molecule has 6 heteroatoms. The van der Waals surface area contributed by atoms with Gasteiger partial charge in [-0.15, -0.1) is 0 Å². The molecule has 0 aromatic rings. The van der Waals surface area contributed by atoms with Gasteiger partial charge in [-0.05, 0) is 116 Å². The van der Waals surface area contributed by atoms with E-state index in [1.165, 1.54) is 0 Å². The molecule has 208 valence electrons. The number of aliphatic hydroxyl groups excluding tert-OH is 2. The molecule has 0 amide bonds. The van der Waals surface area contributed by atoms with Crippen molar-refractivity contribution in [3.05, 3.63) is 0 Å². The fourth-order valence-electron chi connectivity index (χ4n) is 9.37. The van der Waals surface area contributed by atoms with E-state index in [4.69, 9.17) is 4.43 Å². The molecule has 5 nitrogen and oxygen atoms in total. The van der Waals surface area contributed by atoms with Crippen LogP contribution in [-0.4, -0.2) is 47.9 Å². The Bertz CT molecular complexity index is 823. The average Bonchev–Trinajstić information content (AvgIpc) is 3.11. The van der Waals surface area contributed by atoms with Gasteiger partial charge < -0.3 is 19.7 Å². The molecular formula is C30H54O5Si. The predicted octanol–water partition coefficient (Wildman–Crippen LogP) is 6.48. The maximum Gasteiger partial charge on any atom is 0.303 e. The van der Waals surface area contributed by atoms with Crippen LogP contribution >= 0.6 is 0 Å². The lowest BCUT2D eigenvalue weighted by Crippen LogP contribution is -2.62. The highest BCUT2D eigenvalue weighted by atomic mass is 28.4. The zero-order chi connectivity index (χ0) is 26.8. The van der Waals surface area contributed by atoms with Gasteiger partial charge in [0.25, 0.3) is 0 Å². The summed E-state index contributed by atoms with van der Waals surface area (Å²) < 4.78 is 6.86. The van der Waals surface area contributed by atoms with Crippen LogP contribution in [0.15, 0.2) is 0 Å². The molecular weight excluding hydrogens is 468 g/mol. The van der Waals surface area contributed by atoms with Gasteiger partial charge in [-0.2, -0.15) is 0 Å². The minimum atomic E-state index is -1.84. The Kier molecular flexibility index (Phi) is 7.65. The van der Waals surface area contributed by atoms with Gasteiger partial charge in [0.2, 0.25) is 0 Å². The molecule has 36 heavy (non-hydrogen) atoms. The minimum Gasteiger partial charge on any atom is -0.481 e. The number of aliphatic hydroxyl groups is 2. The average molecular weight is 523 g/mol. The molecule has 0 aromatic heterocycles. The molecule has 0 aromatic carbocycles. The summed E-state index contributed by atoms with van der Waals surface area (Å²) in [5, 5.41) is 32.8. The van der Waals surface area contributed by atoms with Crippen LogP contribution in [0.3, 0.4) is 0 Å². The van der Waals surface area contributed by atoms with E-state index in [1.807, 2.05) is 0 Å². The predicted molar refractivity (Wildman–Crippen MR) is 146 cm³/mol. The summed E-state index contributed by atoms with van der Waals surface area (Å²) in [6.45, 7) is 18.5. The van der Waals surface area contributed by atoms with Crippen molar-refractivity contribution in [2.45, 2.75) is 136 Å². The third-order valence-corrected chi connectivity index (χ3v) is 17.1. The quantitative estimate of drug-likeness (QED) is 0.348. The van der Waals surface area contributed by atoms with Crippen LogP contribution in [-0.2, 0) is 9.22 Å². The number of carbonyl (C=O) groups is 1. The molecule has 4 aliphatic rings. The lowest BCUT2D eigenvalue weighted by atomic mass is 9.43. The van der Waals surface area contributed by atoms with Gasteiger partial charge in [0, 0.05) is 12.5 Å². The summed E-state index contributed by atoms with van der Waals surface area (Å²) in [4.78, 5) is 11.2. The Morgan fingerprint density at radius 2 is 1.72 bits per heavy atom. The Hall–Kier alpha value is -0.433. The lowest BCUT2D eigenvalue weighted by Gasteiger charge is -2.64. The van der Waals surface area contributed by atoms with Crippen LogP contribution in [0.1, 0.15) is 99.3 Å². The summed E-state index contributed by atoms with van der Waals surface area (Å²) in [5.41, 5.74) is -0.0849. The van der Waals surface area contributed by atoms with Crippen LogP contribution in [0, 0.1) is 46.3 Å². The highest BCUT2D eigenvalue weighted by Crippen LogP contribution is 2.68. The molecule has 4 fully saturated rings. The van der Waals surface area contributed by atoms with Gasteiger partial charge >= 0.3 is 5.97 Å². The summed E-state index contributed by atoms with van der Waals surface area (Å²) >= 11 is 0. The number of carboxylic acids is 1. The monoisotopic (exact) mass is 522 g/mol. The molecule has 4 rings (SSSR count). The number of carboxylic acid groups (broad SMARTS) is 1. The summed E-state index contributed by atoms with van der Waals surface area (Å²) in [6, 6.07) is 0. The second kappa shape index (κ2) is 9.64. The van der Waals surface area contributed by atoms with Crippen molar-refractivity contribution < 1.29 is 24.5 Å². The van der Waals surface area contributed by atoms with Gasteiger partial charge in [0.15, 0.2) is 8.32 Å². The van der Waals surface area contributed by atoms with E-state index in [2.05, 4.69) is 54.6 Å². The third kappa shape index (κ3) is 4.64. The summed E-state index contributed by atoms with van der Waals surface area (Å²) in [7, 11) is -1.84. The van der Waals surface area contributed by atoms with Gasteiger partial charge in [-0.25, -0.2) is 0 Å². The molecule has 0 heterocycles. The van der Waals surface area contributed by atoms with Gasteiger partial charge in [-0.3, -0.25) is 4.79 Å². The van der Waals surface area contributed by atoms with Crippen molar-refractivity contribution in [2.24, 2.45) is 46.3 Å². The zero-order valence-corrected chi connectivity index (χ0v) is 25.2. The highest BCUT2D eigenvalue weighted by molar-refractivity contribution is 6.74. The fraction of sp³-hybridized carbons (Fsp3) is 0.967. The molecule has 0 aliphatic heterocycles. The van der Waals surface area contributed by atoms with Crippen molar-refractivity contribution in [3.63, 3.8) is 0 Å². The van der Waals surface area contributed by atoms with Gasteiger partial charge in [-0.1, -0.05) is 41.5 Å². The maximum atomic E-state index is 11.7. The van der Waals surface area contributed by atoms with Crippen molar-refractivity contribution in [1.29, 1.82) is 0 Å². The molecule has 11 atom stereocenters. The van der Waals surface area contributed by atoms with Crippen molar-refractivity contribution >= 4 is 14.3 Å². The number of fused-ring (bicyclic) bond motifs is 5. The maximum absolute atomic E-state index is 11.7. The van der Waals surface area contributed by atoms with Crippen molar-refractivity contribution in [1.82, 2.24) is 0 Å². The third-order valence-electron chi connectivity index (χ3n) is 12.6. The van der Waals surface area contributed by atoms with Crippen LogP contribution in [0.25, 0.3) is 0 Å². The van der Waals surface area contributed by atoms with Crippen molar-refractivity contribution in [2.75, 3.05) is 0 Å². The second-order valence-corrected chi connectivity index (χ2v) is 20.0. The normalized spacial score (nSPS) is 45.9. The van der Waals surface area contributed by atoms with E-state index in [0.717, 1.165) is 44.9 Å². The highest BCUT2D eigenvalue weighted by Gasteiger charge is 2.65. The molecule has 0 saturated heterocycles. The number of hydrogen-bond acceptors (Lipinski definition) is 4. The largest absolute Gasteiger partial charge is 0.481 e. The van der Waals surface area contributed by atoms with Crippen LogP contribution < -0.4 is 0 Å². The Morgan fingerprint density at radius 1 is 1.06 bits per heavy atom. The Balaban J connectivity index is 1.53. The molecule has 4 saturated carbocycles. The molecule has 4 aliphatic carbocycles. The van der Waals surface area contributed by atoms with Crippen molar-refractivity contribution in [3.8, 4) is 0 Å².